The lowest BCUT2D eigenvalue weighted by molar-refractivity contribution is -0.106. The molecule has 2 heterocycles. The first-order valence-electron chi connectivity index (χ1n) is 11.4. The maximum atomic E-state index is 5.95. The lowest BCUT2D eigenvalue weighted by Gasteiger charge is -2.55. The van der Waals surface area contributed by atoms with E-state index >= 15 is 0 Å². The van der Waals surface area contributed by atoms with Crippen molar-refractivity contribution in [3.05, 3.63) is 0 Å². The number of hydrogen-bond donors (Lipinski definition) is 2. The third kappa shape index (κ3) is 4.05. The summed E-state index contributed by atoms with van der Waals surface area (Å²) in [5, 5.41) is 7.48. The van der Waals surface area contributed by atoms with E-state index in [-0.39, 0.29) is 5.41 Å². The van der Waals surface area contributed by atoms with Gasteiger partial charge in [-0.25, -0.2) is 0 Å². The molecule has 0 spiro atoms. The molecule has 0 aromatic rings. The Morgan fingerprint density at radius 1 is 1.11 bits per heavy atom. The molecular weight excluding hydrogens is 352 g/mol. The number of ether oxygens (including phenoxy) is 2. The monoisotopic (exact) mass is 392 g/mol. The normalized spacial score (nSPS) is 35.1. The molecule has 0 aromatic heterocycles. The number of rotatable bonds is 5. The van der Waals surface area contributed by atoms with Gasteiger partial charge in [0.2, 0.25) is 0 Å². The van der Waals surface area contributed by atoms with Crippen molar-refractivity contribution < 1.29 is 9.47 Å². The fourth-order valence-electron chi connectivity index (χ4n) is 6.16. The van der Waals surface area contributed by atoms with Crippen LogP contribution in [0.25, 0.3) is 0 Å². The molecule has 28 heavy (non-hydrogen) atoms. The average molecular weight is 393 g/mol. The van der Waals surface area contributed by atoms with Gasteiger partial charge in [-0.3, -0.25) is 9.89 Å². The summed E-state index contributed by atoms with van der Waals surface area (Å²) in [6.45, 7) is 11.7. The molecule has 4 aliphatic rings. The average Bonchev–Trinajstić information content (AvgIpc) is 3.17. The quantitative estimate of drug-likeness (QED) is 0.555. The van der Waals surface area contributed by atoms with E-state index in [0.29, 0.717) is 23.5 Å². The van der Waals surface area contributed by atoms with Crippen molar-refractivity contribution in [2.24, 2.45) is 21.7 Å². The maximum absolute atomic E-state index is 5.95. The van der Waals surface area contributed by atoms with Crippen molar-refractivity contribution in [3.63, 3.8) is 0 Å². The van der Waals surface area contributed by atoms with Crippen LogP contribution in [0.4, 0.5) is 0 Å². The second-order valence-corrected chi connectivity index (χ2v) is 10.1. The van der Waals surface area contributed by atoms with Gasteiger partial charge >= 0.3 is 0 Å². The molecule has 0 amide bonds. The number of guanidine groups is 1. The van der Waals surface area contributed by atoms with Gasteiger partial charge < -0.3 is 20.1 Å². The molecule has 4 fully saturated rings. The molecule has 6 heteroatoms. The van der Waals surface area contributed by atoms with Crippen LogP contribution in [0.5, 0.6) is 0 Å². The first-order valence-corrected chi connectivity index (χ1v) is 11.4. The van der Waals surface area contributed by atoms with Gasteiger partial charge in [-0.05, 0) is 19.3 Å². The van der Waals surface area contributed by atoms with E-state index in [4.69, 9.17) is 9.47 Å². The Kier molecular flexibility index (Phi) is 6.19. The summed E-state index contributed by atoms with van der Waals surface area (Å²) in [7, 11) is 1.90. The van der Waals surface area contributed by atoms with Crippen molar-refractivity contribution in [3.8, 4) is 0 Å². The van der Waals surface area contributed by atoms with Crippen molar-refractivity contribution in [2.75, 3.05) is 53.0 Å². The Morgan fingerprint density at radius 3 is 2.57 bits per heavy atom. The highest BCUT2D eigenvalue weighted by Gasteiger charge is 2.59. The molecule has 2 aliphatic carbocycles. The van der Waals surface area contributed by atoms with E-state index in [2.05, 4.69) is 34.4 Å². The lowest BCUT2D eigenvalue weighted by Crippen LogP contribution is -2.68. The van der Waals surface area contributed by atoms with Crippen LogP contribution in [0, 0.1) is 16.7 Å². The molecule has 2 saturated carbocycles. The zero-order chi connectivity index (χ0) is 19.6. The minimum atomic E-state index is 0.176. The largest absolute Gasteiger partial charge is 0.379 e. The van der Waals surface area contributed by atoms with Crippen LogP contribution in [-0.2, 0) is 9.47 Å². The number of nitrogens with zero attached hydrogens (tertiary/aromatic N) is 2. The third-order valence-electron chi connectivity index (χ3n) is 7.82. The van der Waals surface area contributed by atoms with Gasteiger partial charge in [-0.15, -0.1) is 0 Å². The van der Waals surface area contributed by atoms with E-state index in [1.54, 1.807) is 0 Å². The molecular formula is C22H40N4O2. The van der Waals surface area contributed by atoms with E-state index in [0.717, 1.165) is 45.4 Å². The summed E-state index contributed by atoms with van der Waals surface area (Å²) in [6, 6.07) is 0.452. The topological polar surface area (TPSA) is 58.1 Å². The Balaban J connectivity index is 1.35. The van der Waals surface area contributed by atoms with Gasteiger partial charge in [0.15, 0.2) is 5.96 Å². The summed E-state index contributed by atoms with van der Waals surface area (Å²) in [5.74, 6) is 1.60. The van der Waals surface area contributed by atoms with E-state index < -0.39 is 0 Å². The summed E-state index contributed by atoms with van der Waals surface area (Å²) >= 11 is 0. The molecule has 2 saturated heterocycles. The Labute approximate surface area is 170 Å². The Hall–Kier alpha value is -0.850. The molecule has 4 rings (SSSR count). The standard InChI is InChI=1S/C22H40N4O2/c1-21(2)18(17-7-12-28-19(17)21)25-20(23-3)24-15-22(8-5-4-6-9-22)16-26-10-13-27-14-11-26/h17-19H,4-16H2,1-3H3,(H2,23,24,25). The van der Waals surface area contributed by atoms with Crippen molar-refractivity contribution in [1.82, 2.24) is 15.5 Å². The van der Waals surface area contributed by atoms with Crippen LogP contribution in [0.15, 0.2) is 4.99 Å². The molecule has 3 unspecified atom stereocenters. The lowest BCUT2D eigenvalue weighted by atomic mass is 9.57. The van der Waals surface area contributed by atoms with E-state index in [1.165, 1.54) is 45.1 Å². The van der Waals surface area contributed by atoms with Gasteiger partial charge in [0.1, 0.15) is 0 Å². The van der Waals surface area contributed by atoms with E-state index in [9.17, 15) is 0 Å². The number of fused-ring (bicyclic) bond motifs is 1. The van der Waals surface area contributed by atoms with E-state index in [1.807, 2.05) is 7.05 Å². The highest BCUT2D eigenvalue weighted by molar-refractivity contribution is 5.80. The zero-order valence-electron chi connectivity index (χ0n) is 18.1. The fourth-order valence-corrected chi connectivity index (χ4v) is 6.16. The minimum absolute atomic E-state index is 0.176. The van der Waals surface area contributed by atoms with Crippen molar-refractivity contribution >= 4 is 5.96 Å². The van der Waals surface area contributed by atoms with Crippen molar-refractivity contribution in [1.29, 1.82) is 0 Å². The van der Waals surface area contributed by atoms with Crippen LogP contribution in [0.2, 0.25) is 0 Å². The zero-order valence-corrected chi connectivity index (χ0v) is 18.1. The van der Waals surface area contributed by atoms with Gasteiger partial charge in [-0.1, -0.05) is 33.1 Å². The molecule has 0 bridgehead atoms. The van der Waals surface area contributed by atoms with Crippen LogP contribution in [-0.4, -0.2) is 76.1 Å². The minimum Gasteiger partial charge on any atom is -0.379 e. The predicted octanol–water partition coefficient (Wildman–Crippen LogP) is 2.25. The first kappa shape index (κ1) is 20.4. The molecule has 2 N–H and O–H groups in total. The Bertz CT molecular complexity index is 553. The smallest absolute Gasteiger partial charge is 0.191 e. The second kappa shape index (κ2) is 8.49. The molecule has 2 aliphatic heterocycles. The SMILES string of the molecule is CN=C(NCC1(CN2CCOCC2)CCCCC1)NC1C2CCOC2C1(C)C. The van der Waals surface area contributed by atoms with Gasteiger partial charge in [-0.2, -0.15) is 0 Å². The first-order chi connectivity index (χ1) is 13.5. The van der Waals surface area contributed by atoms with Gasteiger partial charge in [0.25, 0.3) is 0 Å². The summed E-state index contributed by atoms with van der Waals surface area (Å²) < 4.78 is 11.5. The van der Waals surface area contributed by atoms with Crippen LogP contribution < -0.4 is 10.6 Å². The fraction of sp³-hybridized carbons (Fsp3) is 0.955. The second-order valence-electron chi connectivity index (χ2n) is 10.1. The summed E-state index contributed by atoms with van der Waals surface area (Å²) in [6.07, 6.45) is 8.32. The highest BCUT2D eigenvalue weighted by Crippen LogP contribution is 2.52. The van der Waals surface area contributed by atoms with Crippen LogP contribution in [0.3, 0.4) is 0 Å². The number of morpholine rings is 1. The molecule has 0 aromatic carbocycles. The number of nitrogens with one attached hydrogen (secondary N) is 2. The molecule has 3 atom stereocenters. The summed E-state index contributed by atoms with van der Waals surface area (Å²) in [5.41, 5.74) is 0.538. The number of hydrogen-bond acceptors (Lipinski definition) is 4. The number of aliphatic imine (C=N–C) groups is 1. The van der Waals surface area contributed by atoms with Crippen LogP contribution in [0.1, 0.15) is 52.4 Å². The van der Waals surface area contributed by atoms with Gasteiger partial charge in [0, 0.05) is 62.6 Å². The third-order valence-corrected chi connectivity index (χ3v) is 7.82. The molecule has 0 radical (unpaired) electrons. The highest BCUT2D eigenvalue weighted by atomic mass is 16.5. The Morgan fingerprint density at radius 2 is 1.86 bits per heavy atom. The molecule has 6 nitrogen and oxygen atoms in total. The predicted molar refractivity (Wildman–Crippen MR) is 113 cm³/mol. The van der Waals surface area contributed by atoms with Crippen LogP contribution >= 0.6 is 0 Å². The maximum Gasteiger partial charge on any atom is 0.191 e. The van der Waals surface area contributed by atoms with Gasteiger partial charge in [0.05, 0.1) is 19.3 Å². The van der Waals surface area contributed by atoms with Crippen molar-refractivity contribution in [2.45, 2.75) is 64.5 Å². The molecule has 160 valence electrons. The summed E-state index contributed by atoms with van der Waals surface area (Å²) in [4.78, 5) is 7.19.